The molecule has 0 aromatic heterocycles. The average Bonchev–Trinajstić information content (AvgIpc) is 3.88. The summed E-state index contributed by atoms with van der Waals surface area (Å²) < 4.78 is 5.79. The number of rotatable bonds is 13. The van der Waals surface area contributed by atoms with E-state index in [2.05, 4.69) is 26.6 Å². The van der Waals surface area contributed by atoms with E-state index in [0.29, 0.717) is 34.6 Å². The highest BCUT2D eigenvalue weighted by atomic mass is 16.5. The third-order valence-electron chi connectivity index (χ3n) is 9.50. The van der Waals surface area contributed by atoms with Crippen molar-refractivity contribution in [3.05, 3.63) is 143 Å². The molecule has 2 atom stereocenters. The second-order valence-electron chi connectivity index (χ2n) is 14.1. The highest BCUT2D eigenvalue weighted by Gasteiger charge is 2.58. The van der Waals surface area contributed by atoms with Crippen LogP contribution in [0.4, 0.5) is 22.7 Å². The molecule has 0 bridgehead atoms. The molecule has 5 amide bonds. The monoisotopic (exact) mass is 794 g/mol. The van der Waals surface area contributed by atoms with Crippen LogP contribution >= 0.6 is 0 Å². The molecule has 5 aromatic rings. The fraction of sp³-hybridized carbons (Fsp3) is 0.159. The van der Waals surface area contributed by atoms with Crippen molar-refractivity contribution in [1.82, 2.24) is 5.32 Å². The second-order valence-corrected chi connectivity index (χ2v) is 14.1. The van der Waals surface area contributed by atoms with Crippen molar-refractivity contribution in [2.45, 2.75) is 38.8 Å². The van der Waals surface area contributed by atoms with Crippen LogP contribution in [0.3, 0.4) is 0 Å². The van der Waals surface area contributed by atoms with E-state index in [1.807, 2.05) is 13.0 Å². The molecule has 59 heavy (non-hydrogen) atoms. The number of carboxylic acid groups (broad SMARTS) is 1. The number of aromatic carboxylic acids is 1. The van der Waals surface area contributed by atoms with Gasteiger partial charge in [-0.05, 0) is 135 Å². The Labute approximate surface area is 338 Å². The van der Waals surface area contributed by atoms with Gasteiger partial charge in [-0.15, -0.1) is 0 Å². The molecule has 15 heteroatoms. The van der Waals surface area contributed by atoms with Crippen LogP contribution in [0, 0.1) is 17.2 Å². The number of carboxylic acids is 1. The summed E-state index contributed by atoms with van der Waals surface area (Å²) in [5, 5.41) is 42.9. The Morgan fingerprint density at radius 2 is 1.12 bits per heavy atom. The van der Waals surface area contributed by atoms with Crippen molar-refractivity contribution in [2.75, 3.05) is 21.3 Å². The Morgan fingerprint density at radius 1 is 0.661 bits per heavy atom. The molecule has 0 spiro atoms. The number of phenols is 1. The van der Waals surface area contributed by atoms with E-state index in [1.54, 1.807) is 38.1 Å². The molecule has 298 valence electrons. The number of hydrogen-bond acceptors (Lipinski definition) is 9. The van der Waals surface area contributed by atoms with Gasteiger partial charge >= 0.3 is 5.97 Å². The predicted octanol–water partition coefficient (Wildman–Crippen LogP) is 6.65. The number of hydrogen-bond donors (Lipinski definition) is 7. The molecule has 0 heterocycles. The van der Waals surface area contributed by atoms with Gasteiger partial charge in [-0.1, -0.05) is 6.92 Å². The lowest BCUT2D eigenvalue weighted by Gasteiger charge is -2.19. The minimum atomic E-state index is -1.17. The number of amides is 5. The van der Waals surface area contributed by atoms with E-state index in [-0.39, 0.29) is 45.5 Å². The van der Waals surface area contributed by atoms with Crippen LogP contribution in [-0.4, -0.2) is 57.4 Å². The summed E-state index contributed by atoms with van der Waals surface area (Å²) in [6.07, 6.45) is -0.0528. The van der Waals surface area contributed by atoms with Gasteiger partial charge in [0.05, 0.1) is 34.6 Å². The highest BCUT2D eigenvalue weighted by molar-refractivity contribution is 6.10. The summed E-state index contributed by atoms with van der Waals surface area (Å²) >= 11 is 0. The summed E-state index contributed by atoms with van der Waals surface area (Å²) in [7, 11) is 0. The third kappa shape index (κ3) is 9.35. The number of carbonyl (C=O) groups is 6. The summed E-state index contributed by atoms with van der Waals surface area (Å²) in [5.74, 6) is -4.52. The summed E-state index contributed by atoms with van der Waals surface area (Å²) in [4.78, 5) is 76.9. The summed E-state index contributed by atoms with van der Waals surface area (Å²) in [5.41, 5.74) is 1.19. The number of benzene rings is 5. The first kappa shape index (κ1) is 40.7. The van der Waals surface area contributed by atoms with Crippen molar-refractivity contribution in [2.24, 2.45) is 5.92 Å². The zero-order chi connectivity index (χ0) is 42.4. The number of carbonyl (C=O) groups excluding carboxylic acids is 5. The van der Waals surface area contributed by atoms with Gasteiger partial charge in [0.1, 0.15) is 5.54 Å². The summed E-state index contributed by atoms with van der Waals surface area (Å²) in [6, 6.07) is 28.6. The lowest BCUT2D eigenvalue weighted by Crippen LogP contribution is -2.47. The number of anilines is 4. The first-order chi connectivity index (χ1) is 28.2. The normalized spacial score (nSPS) is 15.2. The number of aromatic hydroxyl groups is 1. The molecule has 15 nitrogen and oxygen atoms in total. The van der Waals surface area contributed by atoms with E-state index >= 15 is 0 Å². The maximum atomic E-state index is 13.5. The predicted molar refractivity (Wildman–Crippen MR) is 218 cm³/mol. The lowest BCUT2D eigenvalue weighted by atomic mass is 10.1. The van der Waals surface area contributed by atoms with E-state index in [4.69, 9.17) is 15.1 Å². The molecule has 0 radical (unpaired) electrons. The molecule has 6 rings (SSSR count). The van der Waals surface area contributed by atoms with Crippen molar-refractivity contribution in [1.29, 1.82) is 5.26 Å². The molecule has 1 aliphatic rings. The molecule has 1 aliphatic carbocycles. The SMILES string of the molecule is CC(C)Oc1c(NC(=O)c2ccc(NC(=O)[C@@]3(NC(=O)c4ccc(NC(=O)c5ccc(C#N)cc5)cc4)C[C@H]3C)cc2)ccc(C(=O)Nc2ccc(C(=O)O)cc2)c1O. The van der Waals surface area contributed by atoms with Gasteiger partial charge < -0.3 is 41.5 Å². The van der Waals surface area contributed by atoms with Crippen LogP contribution in [0.5, 0.6) is 11.5 Å². The Bertz CT molecular complexity index is 2500. The fourth-order valence-corrected chi connectivity index (χ4v) is 6.10. The molecule has 0 unspecified atom stereocenters. The third-order valence-corrected chi connectivity index (χ3v) is 9.50. The van der Waals surface area contributed by atoms with E-state index in [0.717, 1.165) is 0 Å². The van der Waals surface area contributed by atoms with Crippen LogP contribution in [0.1, 0.15) is 84.5 Å². The van der Waals surface area contributed by atoms with E-state index < -0.39 is 47.0 Å². The standard InChI is InChI=1S/C44H38N6O9/c1-24(2)59-37-35(21-20-34(36(37)51)41(55)47-32-18-12-30(13-19-32)42(56)57)49-39(53)28-8-16-33(17-9-28)48-43(58)44(22-25(44)3)50-40(54)29-10-14-31(15-11-29)46-38(52)27-6-4-26(23-45)5-7-27/h4-21,24-25,51H,22H2,1-3H3,(H,46,52)(H,47,55)(H,48,58)(H,49,53)(H,50,54)(H,56,57)/t25-,44-/m1/s1. The van der Waals surface area contributed by atoms with Gasteiger partial charge in [-0.25, -0.2) is 4.79 Å². The van der Waals surface area contributed by atoms with Gasteiger partial charge in [0, 0.05) is 33.8 Å². The molecular weight excluding hydrogens is 757 g/mol. The number of phenolic OH excluding ortho intramolecular Hbond substituents is 1. The van der Waals surface area contributed by atoms with Crippen molar-refractivity contribution < 1.29 is 43.7 Å². The molecular formula is C44H38N6O9. The minimum Gasteiger partial charge on any atom is -0.504 e. The van der Waals surface area contributed by atoms with Gasteiger partial charge in [-0.2, -0.15) is 5.26 Å². The summed E-state index contributed by atoms with van der Waals surface area (Å²) in [6.45, 7) is 5.24. The Balaban J connectivity index is 1.07. The topological polar surface area (TPSA) is 236 Å². The maximum absolute atomic E-state index is 13.5. The molecule has 1 saturated carbocycles. The zero-order valence-corrected chi connectivity index (χ0v) is 32.0. The van der Waals surface area contributed by atoms with Crippen LogP contribution in [0.25, 0.3) is 0 Å². The van der Waals surface area contributed by atoms with Crippen LogP contribution in [0.15, 0.2) is 109 Å². The van der Waals surface area contributed by atoms with Crippen LogP contribution in [-0.2, 0) is 4.79 Å². The maximum Gasteiger partial charge on any atom is 0.335 e. The number of nitrogens with one attached hydrogen (secondary N) is 5. The van der Waals surface area contributed by atoms with Gasteiger partial charge in [0.2, 0.25) is 5.91 Å². The van der Waals surface area contributed by atoms with Crippen LogP contribution < -0.4 is 31.3 Å². The first-order valence-corrected chi connectivity index (χ1v) is 18.3. The molecule has 1 fully saturated rings. The average molecular weight is 795 g/mol. The highest BCUT2D eigenvalue weighted by Crippen LogP contribution is 2.44. The lowest BCUT2D eigenvalue weighted by molar-refractivity contribution is -0.119. The van der Waals surface area contributed by atoms with Gasteiger partial charge in [0.25, 0.3) is 23.6 Å². The fourth-order valence-electron chi connectivity index (χ4n) is 6.10. The second kappa shape index (κ2) is 17.0. The van der Waals surface area contributed by atoms with Crippen LogP contribution in [0.2, 0.25) is 0 Å². The van der Waals surface area contributed by atoms with Gasteiger partial charge in [0.15, 0.2) is 11.5 Å². The van der Waals surface area contributed by atoms with Crippen molar-refractivity contribution in [3.63, 3.8) is 0 Å². The van der Waals surface area contributed by atoms with Crippen molar-refractivity contribution in [3.8, 4) is 17.6 Å². The van der Waals surface area contributed by atoms with Crippen molar-refractivity contribution >= 4 is 58.3 Å². The molecule has 0 aliphatic heterocycles. The molecule has 5 aromatic carbocycles. The first-order valence-electron chi connectivity index (χ1n) is 18.3. The number of ether oxygens (including phenoxy) is 1. The Kier molecular flexibility index (Phi) is 11.7. The minimum absolute atomic E-state index is 0.0359. The zero-order valence-electron chi connectivity index (χ0n) is 32.0. The Hall–Kier alpha value is -7.99. The smallest absolute Gasteiger partial charge is 0.335 e. The van der Waals surface area contributed by atoms with E-state index in [9.17, 15) is 33.9 Å². The number of nitriles is 1. The Morgan fingerprint density at radius 3 is 1.61 bits per heavy atom. The van der Waals surface area contributed by atoms with E-state index in [1.165, 1.54) is 84.9 Å². The molecule has 7 N–H and O–H groups in total. The number of nitrogens with zero attached hydrogens (tertiary/aromatic N) is 1. The quantitative estimate of drug-likeness (QED) is 0.0670. The molecule has 0 saturated heterocycles. The van der Waals surface area contributed by atoms with Gasteiger partial charge in [-0.3, -0.25) is 24.0 Å². The largest absolute Gasteiger partial charge is 0.504 e.